The van der Waals surface area contributed by atoms with Crippen LogP contribution in [-0.4, -0.2) is 47.0 Å². The average Bonchev–Trinajstić information content (AvgIpc) is 2.37. The van der Waals surface area contributed by atoms with Crippen LogP contribution in [0.1, 0.15) is 46.0 Å². The Labute approximate surface area is 126 Å². The maximum Gasteiger partial charge on any atom is 0.207 e. The molecule has 2 unspecified atom stereocenters. The number of rotatable bonds is 9. The van der Waals surface area contributed by atoms with Gasteiger partial charge in [0.15, 0.2) is 0 Å². The minimum atomic E-state index is -0.274. The lowest BCUT2D eigenvalue weighted by molar-refractivity contribution is -0.489. The first-order valence-electron chi connectivity index (χ1n) is 7.86. The van der Waals surface area contributed by atoms with Gasteiger partial charge in [0, 0.05) is 40.8 Å². The predicted octanol–water partition coefficient (Wildman–Crippen LogP) is 2.45. The Morgan fingerprint density at radius 3 is 1.76 bits per heavy atom. The van der Waals surface area contributed by atoms with Crippen molar-refractivity contribution in [1.29, 1.82) is 0 Å². The van der Waals surface area contributed by atoms with Crippen LogP contribution in [0.15, 0.2) is 0 Å². The minimum absolute atomic E-state index is 0.0234. The standard InChI is InChI=1S/C14H27N3O4/c1-12(10-16(18)19)8-15(9-13(2)11-17(20)21)14-6-4-3-5-7-14/h12-14H,3-11H2,1-2H3. The van der Waals surface area contributed by atoms with Crippen molar-refractivity contribution in [2.24, 2.45) is 11.8 Å². The zero-order valence-electron chi connectivity index (χ0n) is 13.1. The molecule has 0 radical (unpaired) electrons. The van der Waals surface area contributed by atoms with E-state index in [0.29, 0.717) is 19.1 Å². The summed E-state index contributed by atoms with van der Waals surface area (Å²) in [5.41, 5.74) is 0. The smallest absolute Gasteiger partial charge is 0.207 e. The van der Waals surface area contributed by atoms with Gasteiger partial charge in [0.25, 0.3) is 0 Å². The van der Waals surface area contributed by atoms with Gasteiger partial charge in [0.1, 0.15) is 0 Å². The molecular formula is C14H27N3O4. The normalized spacial score (nSPS) is 19.4. The Bertz CT molecular complexity index is 321. The van der Waals surface area contributed by atoms with E-state index in [0.717, 1.165) is 12.8 Å². The highest BCUT2D eigenvalue weighted by Gasteiger charge is 2.26. The van der Waals surface area contributed by atoms with Crippen LogP contribution in [0.5, 0.6) is 0 Å². The molecule has 0 aromatic rings. The van der Waals surface area contributed by atoms with Crippen LogP contribution in [0.4, 0.5) is 0 Å². The summed E-state index contributed by atoms with van der Waals surface area (Å²) in [6.07, 6.45) is 5.84. The molecule has 1 rings (SSSR count). The number of nitrogens with zero attached hydrogens (tertiary/aromatic N) is 3. The molecule has 21 heavy (non-hydrogen) atoms. The van der Waals surface area contributed by atoms with E-state index in [4.69, 9.17) is 0 Å². The lowest BCUT2D eigenvalue weighted by Crippen LogP contribution is -2.43. The second kappa shape index (κ2) is 8.92. The van der Waals surface area contributed by atoms with Gasteiger partial charge in [-0.2, -0.15) is 0 Å². The highest BCUT2D eigenvalue weighted by molar-refractivity contribution is 4.78. The number of nitro groups is 2. The molecule has 2 atom stereocenters. The van der Waals surface area contributed by atoms with Gasteiger partial charge in [0.2, 0.25) is 13.1 Å². The lowest BCUT2D eigenvalue weighted by atomic mass is 9.92. The van der Waals surface area contributed by atoms with Crippen molar-refractivity contribution in [3.8, 4) is 0 Å². The van der Waals surface area contributed by atoms with Crippen molar-refractivity contribution in [1.82, 2.24) is 4.90 Å². The molecule has 122 valence electrons. The Balaban J connectivity index is 2.59. The van der Waals surface area contributed by atoms with Crippen molar-refractivity contribution >= 4 is 0 Å². The summed E-state index contributed by atoms with van der Waals surface area (Å²) in [6.45, 7) is 5.02. The lowest BCUT2D eigenvalue weighted by Gasteiger charge is -2.36. The third kappa shape index (κ3) is 7.36. The summed E-state index contributed by atoms with van der Waals surface area (Å²) < 4.78 is 0. The fourth-order valence-corrected chi connectivity index (χ4v) is 3.24. The van der Waals surface area contributed by atoms with E-state index in [-0.39, 0.29) is 34.8 Å². The number of hydrogen-bond donors (Lipinski definition) is 0. The Kier molecular flexibility index (Phi) is 7.56. The van der Waals surface area contributed by atoms with Crippen LogP contribution in [-0.2, 0) is 0 Å². The second-order valence-corrected chi connectivity index (χ2v) is 6.49. The second-order valence-electron chi connectivity index (χ2n) is 6.49. The van der Waals surface area contributed by atoms with E-state index in [9.17, 15) is 20.2 Å². The largest absolute Gasteiger partial charge is 0.299 e. The fourth-order valence-electron chi connectivity index (χ4n) is 3.24. The van der Waals surface area contributed by atoms with Crippen LogP contribution >= 0.6 is 0 Å². The highest BCUT2D eigenvalue weighted by atomic mass is 16.6. The zero-order chi connectivity index (χ0) is 15.8. The third-order valence-electron chi connectivity index (χ3n) is 4.10. The number of hydrogen-bond acceptors (Lipinski definition) is 5. The van der Waals surface area contributed by atoms with Crippen molar-refractivity contribution in [3.63, 3.8) is 0 Å². The van der Waals surface area contributed by atoms with Crippen molar-refractivity contribution in [2.45, 2.75) is 52.0 Å². The molecule has 0 N–H and O–H groups in total. The summed E-state index contributed by atoms with van der Waals surface area (Å²) in [7, 11) is 0. The Morgan fingerprint density at radius 1 is 0.952 bits per heavy atom. The first-order valence-corrected chi connectivity index (χ1v) is 7.86. The quantitative estimate of drug-likeness (QED) is 0.482. The zero-order valence-corrected chi connectivity index (χ0v) is 13.1. The molecule has 0 bridgehead atoms. The third-order valence-corrected chi connectivity index (χ3v) is 4.10. The molecule has 0 heterocycles. The van der Waals surface area contributed by atoms with E-state index in [2.05, 4.69) is 4.90 Å². The van der Waals surface area contributed by atoms with Gasteiger partial charge in [-0.15, -0.1) is 0 Å². The molecule has 7 nitrogen and oxygen atoms in total. The average molecular weight is 301 g/mol. The van der Waals surface area contributed by atoms with Crippen molar-refractivity contribution in [2.75, 3.05) is 26.2 Å². The molecule has 1 aliphatic carbocycles. The molecule has 0 aromatic heterocycles. The summed E-state index contributed by atoms with van der Waals surface area (Å²) >= 11 is 0. The fraction of sp³-hybridized carbons (Fsp3) is 1.00. The monoisotopic (exact) mass is 301 g/mol. The molecular weight excluding hydrogens is 274 g/mol. The van der Waals surface area contributed by atoms with Gasteiger partial charge in [0.05, 0.1) is 0 Å². The first-order chi connectivity index (χ1) is 9.88. The molecule has 0 aromatic carbocycles. The summed E-state index contributed by atoms with van der Waals surface area (Å²) in [4.78, 5) is 23.0. The molecule has 1 aliphatic rings. The van der Waals surface area contributed by atoms with Gasteiger partial charge in [-0.1, -0.05) is 33.1 Å². The molecule has 1 fully saturated rings. The van der Waals surface area contributed by atoms with E-state index in [1.165, 1.54) is 19.3 Å². The predicted molar refractivity (Wildman–Crippen MR) is 80.5 cm³/mol. The van der Waals surface area contributed by atoms with E-state index < -0.39 is 0 Å². The van der Waals surface area contributed by atoms with Gasteiger partial charge in [-0.3, -0.25) is 25.1 Å². The van der Waals surface area contributed by atoms with Crippen LogP contribution < -0.4 is 0 Å². The first kappa shape index (κ1) is 17.8. The molecule has 7 heteroatoms. The SMILES string of the molecule is CC(CN(CC(C)C[N+](=O)[O-])C1CCCCC1)C[N+](=O)[O-]. The van der Waals surface area contributed by atoms with Gasteiger partial charge in [-0.25, -0.2) is 0 Å². The molecule has 0 aliphatic heterocycles. The van der Waals surface area contributed by atoms with E-state index in [1.54, 1.807) is 0 Å². The van der Waals surface area contributed by atoms with Crippen LogP contribution in [0.3, 0.4) is 0 Å². The summed E-state index contributed by atoms with van der Waals surface area (Å²) in [6, 6.07) is 0.433. The molecule has 0 amide bonds. The maximum atomic E-state index is 10.6. The molecule has 1 saturated carbocycles. The van der Waals surface area contributed by atoms with E-state index in [1.807, 2.05) is 13.8 Å². The maximum absolute atomic E-state index is 10.6. The van der Waals surface area contributed by atoms with Gasteiger partial charge < -0.3 is 0 Å². The molecule has 0 spiro atoms. The van der Waals surface area contributed by atoms with Gasteiger partial charge in [-0.05, 0) is 12.8 Å². The summed E-state index contributed by atoms with van der Waals surface area (Å²) in [5.74, 6) is -0.0468. The molecule has 0 saturated heterocycles. The topological polar surface area (TPSA) is 89.5 Å². The Hall–Kier alpha value is -1.24. The van der Waals surface area contributed by atoms with Crippen LogP contribution in [0.2, 0.25) is 0 Å². The van der Waals surface area contributed by atoms with Gasteiger partial charge >= 0.3 is 0 Å². The van der Waals surface area contributed by atoms with Crippen LogP contribution in [0.25, 0.3) is 0 Å². The van der Waals surface area contributed by atoms with Crippen molar-refractivity contribution in [3.05, 3.63) is 20.2 Å². The van der Waals surface area contributed by atoms with E-state index >= 15 is 0 Å². The highest BCUT2D eigenvalue weighted by Crippen LogP contribution is 2.24. The van der Waals surface area contributed by atoms with Crippen molar-refractivity contribution < 1.29 is 9.85 Å². The minimum Gasteiger partial charge on any atom is -0.299 e. The van der Waals surface area contributed by atoms with Crippen LogP contribution in [0, 0.1) is 32.1 Å². The Morgan fingerprint density at radius 2 is 1.38 bits per heavy atom. The summed E-state index contributed by atoms with van der Waals surface area (Å²) in [5, 5.41) is 21.3.